The molecule has 1 saturated heterocycles. The minimum absolute atomic E-state index is 0.115. The first kappa shape index (κ1) is 18.0. The summed E-state index contributed by atoms with van der Waals surface area (Å²) < 4.78 is 44.7. The third kappa shape index (κ3) is 3.29. The summed E-state index contributed by atoms with van der Waals surface area (Å²) in [5, 5.41) is 9.05. The van der Waals surface area contributed by atoms with Crippen LogP contribution in [0.2, 0.25) is 0 Å². The van der Waals surface area contributed by atoms with Crippen molar-refractivity contribution in [3.05, 3.63) is 41.8 Å². The van der Waals surface area contributed by atoms with Crippen molar-refractivity contribution in [2.75, 3.05) is 13.1 Å². The van der Waals surface area contributed by atoms with Crippen molar-refractivity contribution < 1.29 is 32.3 Å². The molecule has 2 atom stereocenters. The van der Waals surface area contributed by atoms with E-state index in [1.165, 1.54) is 6.92 Å². The highest BCUT2D eigenvalue weighted by atomic mass is 19.4. The van der Waals surface area contributed by atoms with Crippen molar-refractivity contribution in [1.29, 1.82) is 0 Å². The Morgan fingerprint density at radius 3 is 2.42 bits per heavy atom. The number of amides is 1. The van der Waals surface area contributed by atoms with Gasteiger partial charge < -0.3 is 14.4 Å². The zero-order chi connectivity index (χ0) is 19.1. The van der Waals surface area contributed by atoms with Crippen LogP contribution in [-0.2, 0) is 4.79 Å². The topological polar surface area (TPSA) is 83.6 Å². The predicted octanol–water partition coefficient (Wildman–Crippen LogP) is 2.99. The van der Waals surface area contributed by atoms with E-state index in [9.17, 15) is 22.8 Å². The number of halogens is 3. The number of rotatable bonds is 3. The van der Waals surface area contributed by atoms with E-state index in [1.54, 1.807) is 30.3 Å². The molecule has 0 unspecified atom stereocenters. The Morgan fingerprint density at radius 1 is 1.23 bits per heavy atom. The van der Waals surface area contributed by atoms with Crippen LogP contribution in [0.3, 0.4) is 0 Å². The number of oxazole rings is 1. The Hall–Kier alpha value is -2.84. The summed E-state index contributed by atoms with van der Waals surface area (Å²) in [7, 11) is 0. The van der Waals surface area contributed by atoms with Crippen molar-refractivity contribution in [1.82, 2.24) is 9.88 Å². The van der Waals surface area contributed by atoms with Crippen LogP contribution in [0.4, 0.5) is 13.2 Å². The third-order valence-corrected chi connectivity index (χ3v) is 4.36. The molecule has 1 aliphatic rings. The van der Waals surface area contributed by atoms with Crippen LogP contribution in [-0.4, -0.2) is 46.1 Å². The Morgan fingerprint density at radius 2 is 1.88 bits per heavy atom. The van der Waals surface area contributed by atoms with Crippen LogP contribution in [0.25, 0.3) is 11.5 Å². The zero-order valence-electron chi connectivity index (χ0n) is 13.7. The number of alkyl halides is 3. The summed E-state index contributed by atoms with van der Waals surface area (Å²) in [6.45, 7) is 0.246. The molecule has 1 aromatic heterocycles. The van der Waals surface area contributed by atoms with Gasteiger partial charge in [-0.15, -0.1) is 0 Å². The molecule has 0 bridgehead atoms. The van der Waals surface area contributed by atoms with E-state index in [0.29, 0.717) is 5.56 Å². The Labute approximate surface area is 146 Å². The lowest BCUT2D eigenvalue weighted by Crippen LogP contribution is -2.34. The van der Waals surface area contributed by atoms with Crippen LogP contribution in [0, 0.1) is 18.8 Å². The summed E-state index contributed by atoms with van der Waals surface area (Å²) in [5.74, 6) is -5.82. The summed E-state index contributed by atoms with van der Waals surface area (Å²) in [5.41, 5.74) is 0.503. The molecule has 1 amide bonds. The van der Waals surface area contributed by atoms with Gasteiger partial charge in [0.1, 0.15) is 5.76 Å². The molecule has 2 aromatic rings. The molecule has 1 fully saturated rings. The number of carboxylic acids is 1. The molecule has 0 spiro atoms. The number of aromatic nitrogens is 1. The van der Waals surface area contributed by atoms with Gasteiger partial charge in [0.2, 0.25) is 5.89 Å². The molecular formula is C17H15F3N2O4. The smallest absolute Gasteiger partial charge is 0.394 e. The number of hydrogen-bond acceptors (Lipinski definition) is 4. The number of carbonyl (C=O) groups is 2. The Kier molecular flexibility index (Phi) is 4.47. The van der Waals surface area contributed by atoms with Gasteiger partial charge in [-0.2, -0.15) is 13.2 Å². The minimum Gasteiger partial charge on any atom is -0.481 e. The van der Waals surface area contributed by atoms with Crippen molar-refractivity contribution in [3.8, 4) is 11.5 Å². The molecule has 3 rings (SSSR count). The maximum Gasteiger partial charge on any atom is 0.394 e. The fourth-order valence-corrected chi connectivity index (χ4v) is 3.00. The van der Waals surface area contributed by atoms with Crippen molar-refractivity contribution in [2.45, 2.75) is 13.1 Å². The second-order valence-corrected chi connectivity index (χ2v) is 6.09. The molecule has 0 saturated carbocycles. The fraction of sp³-hybridized carbons (Fsp3) is 0.353. The lowest BCUT2D eigenvalue weighted by molar-refractivity contribution is -0.187. The molecule has 26 heavy (non-hydrogen) atoms. The molecule has 1 aliphatic heterocycles. The van der Waals surface area contributed by atoms with E-state index in [2.05, 4.69) is 4.98 Å². The maximum atomic E-state index is 13.1. The van der Waals surface area contributed by atoms with Crippen molar-refractivity contribution in [3.63, 3.8) is 0 Å². The molecular weight excluding hydrogens is 353 g/mol. The average molecular weight is 368 g/mol. The van der Waals surface area contributed by atoms with E-state index >= 15 is 0 Å². The van der Waals surface area contributed by atoms with E-state index < -0.39 is 43.0 Å². The van der Waals surface area contributed by atoms with Gasteiger partial charge in [0.15, 0.2) is 5.69 Å². The monoisotopic (exact) mass is 368 g/mol. The normalized spacial score (nSPS) is 20.4. The van der Waals surface area contributed by atoms with E-state index in [4.69, 9.17) is 9.52 Å². The number of aryl methyl sites for hydroxylation is 1. The van der Waals surface area contributed by atoms with Gasteiger partial charge in [0, 0.05) is 18.7 Å². The molecule has 0 radical (unpaired) electrons. The molecule has 1 aromatic carbocycles. The van der Waals surface area contributed by atoms with Crippen LogP contribution in [0.1, 0.15) is 16.2 Å². The van der Waals surface area contributed by atoms with Gasteiger partial charge in [-0.1, -0.05) is 18.2 Å². The predicted molar refractivity (Wildman–Crippen MR) is 83.3 cm³/mol. The number of nitrogens with zero attached hydrogens (tertiary/aromatic N) is 2. The highest BCUT2D eigenvalue weighted by Crippen LogP contribution is 2.38. The standard InChI is InChI=1S/C17H15F3N2O4/c1-9-13(21-14(26-9)10-5-3-2-4-6-10)15(23)22-7-11(16(24)25)12(8-22)17(18,19)20/h2-6,11-12H,7-8H2,1H3,(H,24,25)/t11-,12-/m1/s1. The second kappa shape index (κ2) is 6.47. The molecule has 0 aliphatic carbocycles. The Balaban J connectivity index is 1.86. The quantitative estimate of drug-likeness (QED) is 0.901. The Bertz CT molecular complexity index is 832. The maximum absolute atomic E-state index is 13.1. The number of carboxylic acid groups (broad SMARTS) is 1. The molecule has 9 heteroatoms. The molecule has 6 nitrogen and oxygen atoms in total. The van der Waals surface area contributed by atoms with Crippen molar-refractivity contribution in [2.24, 2.45) is 11.8 Å². The van der Waals surface area contributed by atoms with E-state index in [0.717, 1.165) is 4.90 Å². The third-order valence-electron chi connectivity index (χ3n) is 4.36. The molecule has 2 heterocycles. The van der Waals surface area contributed by atoms with Gasteiger partial charge in [0.05, 0.1) is 11.8 Å². The van der Waals surface area contributed by atoms with Gasteiger partial charge in [0.25, 0.3) is 5.91 Å². The minimum atomic E-state index is -4.70. The SMILES string of the molecule is Cc1oc(-c2ccccc2)nc1C(=O)N1C[C@@H](C(F)(F)F)[C@H](C(=O)O)C1. The number of likely N-dealkylation sites (tertiary alicyclic amines) is 1. The first-order valence-corrected chi connectivity index (χ1v) is 7.80. The first-order chi connectivity index (χ1) is 12.2. The van der Waals surface area contributed by atoms with E-state index in [-0.39, 0.29) is 17.3 Å². The number of hydrogen-bond donors (Lipinski definition) is 1. The summed E-state index contributed by atoms with van der Waals surface area (Å²) in [4.78, 5) is 28.7. The summed E-state index contributed by atoms with van der Waals surface area (Å²) in [6, 6.07) is 8.73. The van der Waals surface area contributed by atoms with Gasteiger partial charge in [-0.25, -0.2) is 4.98 Å². The molecule has 138 valence electrons. The lowest BCUT2D eigenvalue weighted by Gasteiger charge is -2.18. The number of aliphatic carboxylic acids is 1. The van der Waals surface area contributed by atoms with Crippen LogP contribution in [0.15, 0.2) is 34.7 Å². The number of benzene rings is 1. The zero-order valence-corrected chi connectivity index (χ0v) is 13.7. The lowest BCUT2D eigenvalue weighted by atomic mass is 9.96. The largest absolute Gasteiger partial charge is 0.481 e. The first-order valence-electron chi connectivity index (χ1n) is 7.80. The van der Waals surface area contributed by atoms with Crippen LogP contribution >= 0.6 is 0 Å². The fourth-order valence-electron chi connectivity index (χ4n) is 3.00. The van der Waals surface area contributed by atoms with Gasteiger partial charge in [-0.05, 0) is 19.1 Å². The highest BCUT2D eigenvalue weighted by molar-refractivity contribution is 5.94. The average Bonchev–Trinajstić information content (AvgIpc) is 3.19. The number of carbonyl (C=O) groups excluding carboxylic acids is 1. The summed E-state index contributed by atoms with van der Waals surface area (Å²) >= 11 is 0. The van der Waals surface area contributed by atoms with Gasteiger partial charge in [-0.3, -0.25) is 9.59 Å². The second-order valence-electron chi connectivity index (χ2n) is 6.09. The van der Waals surface area contributed by atoms with Crippen LogP contribution in [0.5, 0.6) is 0 Å². The van der Waals surface area contributed by atoms with Crippen molar-refractivity contribution >= 4 is 11.9 Å². The van der Waals surface area contributed by atoms with Crippen LogP contribution < -0.4 is 0 Å². The highest BCUT2D eigenvalue weighted by Gasteiger charge is 2.53. The van der Waals surface area contributed by atoms with E-state index in [1.807, 2.05) is 0 Å². The van der Waals surface area contributed by atoms with Gasteiger partial charge >= 0.3 is 12.1 Å². The summed E-state index contributed by atoms with van der Waals surface area (Å²) in [6.07, 6.45) is -4.70. The molecule has 1 N–H and O–H groups in total.